The first-order chi connectivity index (χ1) is 9.18. The number of rotatable bonds is 4. The van der Waals surface area contributed by atoms with Crippen LogP contribution in [0.3, 0.4) is 0 Å². The van der Waals surface area contributed by atoms with Crippen molar-refractivity contribution in [2.24, 2.45) is 5.73 Å². The zero-order valence-electron chi connectivity index (χ0n) is 10.9. The molecule has 1 atom stereocenters. The molecule has 1 heterocycles. The maximum absolute atomic E-state index is 12.1. The Labute approximate surface area is 112 Å². The highest BCUT2D eigenvalue weighted by Gasteiger charge is 2.16. The molecule has 2 rings (SSSR count). The quantitative estimate of drug-likeness (QED) is 0.910. The smallest absolute Gasteiger partial charge is 0.228 e. The van der Waals surface area contributed by atoms with E-state index in [-0.39, 0.29) is 18.4 Å². The lowest BCUT2D eigenvalue weighted by atomic mass is 10.0. The fraction of sp³-hybridized carbons (Fsp3) is 0.200. The highest BCUT2D eigenvalue weighted by atomic mass is 16.2. The van der Waals surface area contributed by atoms with Gasteiger partial charge in [0.1, 0.15) is 0 Å². The van der Waals surface area contributed by atoms with Crippen LogP contribution in [-0.2, 0) is 4.79 Å². The third-order valence-corrected chi connectivity index (χ3v) is 3.03. The van der Waals surface area contributed by atoms with Gasteiger partial charge in [-0.05, 0) is 17.7 Å². The van der Waals surface area contributed by atoms with Crippen molar-refractivity contribution in [3.63, 3.8) is 0 Å². The van der Waals surface area contributed by atoms with Gasteiger partial charge in [-0.15, -0.1) is 0 Å². The summed E-state index contributed by atoms with van der Waals surface area (Å²) in [6.07, 6.45) is 3.61. The summed E-state index contributed by atoms with van der Waals surface area (Å²) >= 11 is 0. The average Bonchev–Trinajstić information content (AvgIpc) is 2.48. The van der Waals surface area contributed by atoms with Gasteiger partial charge >= 0.3 is 0 Å². The summed E-state index contributed by atoms with van der Waals surface area (Å²) in [5.41, 5.74) is 7.79. The fourth-order valence-electron chi connectivity index (χ4n) is 1.84. The number of pyridine rings is 1. The van der Waals surface area contributed by atoms with E-state index in [1.807, 2.05) is 36.4 Å². The lowest BCUT2D eigenvalue weighted by molar-refractivity contribution is -0.118. The topological polar surface area (TPSA) is 59.2 Å². The molecule has 0 aliphatic heterocycles. The predicted molar refractivity (Wildman–Crippen MR) is 75.6 cm³/mol. The van der Waals surface area contributed by atoms with Crippen molar-refractivity contribution >= 4 is 11.6 Å². The number of hydrogen-bond donors (Lipinski definition) is 1. The highest BCUT2D eigenvalue weighted by molar-refractivity contribution is 5.93. The van der Waals surface area contributed by atoms with Gasteiger partial charge in [-0.2, -0.15) is 0 Å². The number of nitrogens with two attached hydrogens (primary N) is 1. The minimum atomic E-state index is -0.284. The molecule has 0 spiro atoms. The molecule has 98 valence electrons. The molecule has 0 fully saturated rings. The molecule has 2 aromatic rings. The summed E-state index contributed by atoms with van der Waals surface area (Å²) in [7, 11) is 1.73. The van der Waals surface area contributed by atoms with Gasteiger partial charge in [0.2, 0.25) is 5.91 Å². The van der Waals surface area contributed by atoms with Crippen LogP contribution >= 0.6 is 0 Å². The normalized spacial score (nSPS) is 11.9. The summed E-state index contributed by atoms with van der Waals surface area (Å²) in [4.78, 5) is 17.7. The Morgan fingerprint density at radius 1 is 1.26 bits per heavy atom. The van der Waals surface area contributed by atoms with Crippen molar-refractivity contribution < 1.29 is 4.79 Å². The van der Waals surface area contributed by atoms with Crippen LogP contribution in [0.5, 0.6) is 0 Å². The van der Waals surface area contributed by atoms with Gasteiger partial charge in [0.25, 0.3) is 0 Å². The zero-order valence-corrected chi connectivity index (χ0v) is 10.9. The molecule has 0 radical (unpaired) electrons. The Kier molecular flexibility index (Phi) is 4.26. The lowest BCUT2D eigenvalue weighted by Gasteiger charge is -2.19. The Balaban J connectivity index is 2.02. The SMILES string of the molecule is CN(C(=O)CC(N)c1ccccc1)c1cccnc1. The second-order valence-electron chi connectivity index (χ2n) is 4.39. The first kappa shape index (κ1) is 13.2. The third kappa shape index (κ3) is 3.39. The minimum Gasteiger partial charge on any atom is -0.324 e. The first-order valence-electron chi connectivity index (χ1n) is 6.15. The van der Waals surface area contributed by atoms with E-state index in [4.69, 9.17) is 5.73 Å². The van der Waals surface area contributed by atoms with E-state index < -0.39 is 0 Å². The van der Waals surface area contributed by atoms with Gasteiger partial charge in [-0.3, -0.25) is 9.78 Å². The van der Waals surface area contributed by atoms with E-state index in [9.17, 15) is 4.79 Å². The number of benzene rings is 1. The summed E-state index contributed by atoms with van der Waals surface area (Å²) < 4.78 is 0. The molecule has 0 aliphatic rings. The van der Waals surface area contributed by atoms with Crippen LogP contribution in [0.4, 0.5) is 5.69 Å². The third-order valence-electron chi connectivity index (χ3n) is 3.03. The van der Waals surface area contributed by atoms with Gasteiger partial charge in [-0.25, -0.2) is 0 Å². The van der Waals surface area contributed by atoms with E-state index >= 15 is 0 Å². The number of aromatic nitrogens is 1. The summed E-state index contributed by atoms with van der Waals surface area (Å²) in [6.45, 7) is 0. The standard InChI is InChI=1S/C15H17N3O/c1-18(13-8-5-9-17-11-13)15(19)10-14(16)12-6-3-2-4-7-12/h2-9,11,14H,10,16H2,1H3. The van der Waals surface area contributed by atoms with Gasteiger partial charge in [0, 0.05) is 25.7 Å². The van der Waals surface area contributed by atoms with Crippen molar-refractivity contribution in [3.8, 4) is 0 Å². The summed E-state index contributed by atoms with van der Waals surface area (Å²) in [5.74, 6) is -0.0237. The molecular weight excluding hydrogens is 238 g/mol. The predicted octanol–water partition coefficient (Wildman–Crippen LogP) is 2.13. The minimum absolute atomic E-state index is 0.0237. The molecular formula is C15H17N3O. The van der Waals surface area contributed by atoms with Crippen LogP contribution < -0.4 is 10.6 Å². The molecule has 19 heavy (non-hydrogen) atoms. The molecule has 1 amide bonds. The van der Waals surface area contributed by atoms with E-state index in [0.29, 0.717) is 0 Å². The Morgan fingerprint density at radius 2 is 2.00 bits per heavy atom. The molecule has 0 bridgehead atoms. The monoisotopic (exact) mass is 255 g/mol. The van der Waals surface area contributed by atoms with Gasteiger partial charge in [0.15, 0.2) is 0 Å². The molecule has 0 saturated carbocycles. The van der Waals surface area contributed by atoms with Crippen LogP contribution in [-0.4, -0.2) is 17.9 Å². The molecule has 1 aromatic heterocycles. The average molecular weight is 255 g/mol. The lowest BCUT2D eigenvalue weighted by Crippen LogP contribution is -2.29. The number of carbonyl (C=O) groups is 1. The van der Waals surface area contributed by atoms with E-state index in [1.54, 1.807) is 30.4 Å². The zero-order chi connectivity index (χ0) is 13.7. The van der Waals surface area contributed by atoms with Crippen molar-refractivity contribution in [2.75, 3.05) is 11.9 Å². The number of hydrogen-bond acceptors (Lipinski definition) is 3. The molecule has 0 aliphatic carbocycles. The molecule has 0 saturated heterocycles. The van der Waals surface area contributed by atoms with Crippen LogP contribution in [0, 0.1) is 0 Å². The van der Waals surface area contributed by atoms with E-state index in [0.717, 1.165) is 11.3 Å². The Hall–Kier alpha value is -2.20. The molecule has 1 unspecified atom stereocenters. The maximum Gasteiger partial charge on any atom is 0.228 e. The number of anilines is 1. The molecule has 2 N–H and O–H groups in total. The number of nitrogens with zero attached hydrogens (tertiary/aromatic N) is 2. The van der Waals surface area contributed by atoms with Gasteiger partial charge in [0.05, 0.1) is 11.9 Å². The Morgan fingerprint density at radius 3 is 2.63 bits per heavy atom. The van der Waals surface area contributed by atoms with Crippen molar-refractivity contribution in [1.29, 1.82) is 0 Å². The highest BCUT2D eigenvalue weighted by Crippen LogP contribution is 2.17. The first-order valence-corrected chi connectivity index (χ1v) is 6.15. The van der Waals surface area contributed by atoms with Crippen LogP contribution in [0.1, 0.15) is 18.0 Å². The van der Waals surface area contributed by atoms with Crippen molar-refractivity contribution in [1.82, 2.24) is 4.98 Å². The van der Waals surface area contributed by atoms with Crippen LogP contribution in [0.2, 0.25) is 0 Å². The second-order valence-corrected chi connectivity index (χ2v) is 4.39. The van der Waals surface area contributed by atoms with Gasteiger partial charge in [-0.1, -0.05) is 30.3 Å². The molecule has 4 nitrogen and oxygen atoms in total. The second kappa shape index (κ2) is 6.11. The van der Waals surface area contributed by atoms with Crippen molar-refractivity contribution in [3.05, 3.63) is 60.4 Å². The van der Waals surface area contributed by atoms with Crippen LogP contribution in [0.15, 0.2) is 54.9 Å². The molecule has 4 heteroatoms. The van der Waals surface area contributed by atoms with Gasteiger partial charge < -0.3 is 10.6 Å². The maximum atomic E-state index is 12.1. The largest absolute Gasteiger partial charge is 0.324 e. The van der Waals surface area contributed by atoms with E-state index in [1.165, 1.54) is 0 Å². The molecule has 1 aromatic carbocycles. The number of amides is 1. The summed E-state index contributed by atoms with van der Waals surface area (Å²) in [6, 6.07) is 13.0. The van der Waals surface area contributed by atoms with E-state index in [2.05, 4.69) is 4.98 Å². The van der Waals surface area contributed by atoms with Crippen molar-refractivity contribution in [2.45, 2.75) is 12.5 Å². The Bertz CT molecular complexity index is 528. The number of carbonyl (C=O) groups excluding carboxylic acids is 1. The summed E-state index contributed by atoms with van der Waals surface area (Å²) in [5, 5.41) is 0. The fourth-order valence-corrected chi connectivity index (χ4v) is 1.84. The van der Waals surface area contributed by atoms with Crippen LogP contribution in [0.25, 0.3) is 0 Å².